The molecule has 0 bridgehead atoms. The van der Waals surface area contributed by atoms with E-state index in [1.807, 2.05) is 0 Å². The number of carbonyl (C=O) groups is 1. The van der Waals surface area contributed by atoms with Gasteiger partial charge in [-0.1, -0.05) is 6.92 Å². The van der Waals surface area contributed by atoms with E-state index in [0.29, 0.717) is 39.6 Å². The maximum atomic E-state index is 10.5. The Morgan fingerprint density at radius 2 is 1.18 bits per heavy atom. The van der Waals surface area contributed by atoms with Gasteiger partial charge in [0.25, 0.3) is 0 Å². The fourth-order valence-corrected chi connectivity index (χ4v) is 1.02. The third-order valence-corrected chi connectivity index (χ3v) is 1.77. The molecular formula is C12H24O5. The SMILES string of the molecule is CCCOCCOCCOCCOCC(C)=O. The van der Waals surface area contributed by atoms with Gasteiger partial charge in [-0.05, 0) is 13.3 Å². The molecule has 0 aromatic heterocycles. The summed E-state index contributed by atoms with van der Waals surface area (Å²) in [5, 5.41) is 0. The lowest BCUT2D eigenvalue weighted by Crippen LogP contribution is -2.13. The molecule has 0 rings (SSSR count). The average molecular weight is 248 g/mol. The highest BCUT2D eigenvalue weighted by atomic mass is 16.6. The van der Waals surface area contributed by atoms with Gasteiger partial charge in [-0.15, -0.1) is 0 Å². The van der Waals surface area contributed by atoms with E-state index in [2.05, 4.69) is 6.92 Å². The van der Waals surface area contributed by atoms with Crippen LogP contribution < -0.4 is 0 Å². The average Bonchev–Trinajstić information content (AvgIpc) is 2.30. The lowest BCUT2D eigenvalue weighted by atomic mass is 10.5. The molecule has 0 aliphatic rings. The summed E-state index contributed by atoms with van der Waals surface area (Å²) in [4.78, 5) is 10.5. The number of carbonyl (C=O) groups excluding carboxylic acids is 1. The second kappa shape index (κ2) is 13.6. The van der Waals surface area contributed by atoms with Crippen LogP contribution in [-0.4, -0.2) is 58.6 Å². The van der Waals surface area contributed by atoms with Crippen LogP contribution in [0.25, 0.3) is 0 Å². The second-order valence-corrected chi connectivity index (χ2v) is 3.59. The molecule has 0 heterocycles. The zero-order valence-corrected chi connectivity index (χ0v) is 10.9. The zero-order chi connectivity index (χ0) is 12.8. The van der Waals surface area contributed by atoms with Crippen molar-refractivity contribution in [2.24, 2.45) is 0 Å². The van der Waals surface area contributed by atoms with E-state index in [1.165, 1.54) is 6.92 Å². The quantitative estimate of drug-likeness (QED) is 0.456. The van der Waals surface area contributed by atoms with Gasteiger partial charge in [0.2, 0.25) is 0 Å². The Morgan fingerprint density at radius 3 is 1.59 bits per heavy atom. The van der Waals surface area contributed by atoms with Gasteiger partial charge in [0.15, 0.2) is 5.78 Å². The first kappa shape index (κ1) is 16.5. The molecule has 102 valence electrons. The minimum absolute atomic E-state index is 0.0282. The van der Waals surface area contributed by atoms with Crippen LogP contribution in [0.5, 0.6) is 0 Å². The van der Waals surface area contributed by atoms with Gasteiger partial charge in [-0.25, -0.2) is 0 Å². The van der Waals surface area contributed by atoms with Crippen molar-refractivity contribution in [2.75, 3.05) is 52.9 Å². The van der Waals surface area contributed by atoms with E-state index in [4.69, 9.17) is 18.9 Å². The van der Waals surface area contributed by atoms with Crippen LogP contribution in [0, 0.1) is 0 Å². The third-order valence-electron chi connectivity index (χ3n) is 1.77. The van der Waals surface area contributed by atoms with Gasteiger partial charge < -0.3 is 18.9 Å². The molecule has 0 saturated carbocycles. The lowest BCUT2D eigenvalue weighted by Gasteiger charge is -2.06. The number of hydrogen-bond donors (Lipinski definition) is 0. The molecule has 0 saturated heterocycles. The summed E-state index contributed by atoms with van der Waals surface area (Å²) in [7, 11) is 0. The first-order valence-electron chi connectivity index (χ1n) is 6.07. The highest BCUT2D eigenvalue weighted by Crippen LogP contribution is 1.84. The smallest absolute Gasteiger partial charge is 0.155 e. The molecule has 0 atom stereocenters. The fourth-order valence-electron chi connectivity index (χ4n) is 1.02. The molecule has 0 unspecified atom stereocenters. The molecular weight excluding hydrogens is 224 g/mol. The Balaban J connectivity index is 2.91. The Hall–Kier alpha value is -0.490. The standard InChI is InChI=1S/C12H24O5/c1-3-4-14-5-6-15-7-8-16-9-10-17-11-12(2)13/h3-11H2,1-2H3. The third kappa shape index (κ3) is 15.5. The minimum Gasteiger partial charge on any atom is -0.379 e. The molecule has 5 nitrogen and oxygen atoms in total. The van der Waals surface area contributed by atoms with Crippen molar-refractivity contribution in [1.82, 2.24) is 0 Å². The van der Waals surface area contributed by atoms with Gasteiger partial charge in [0, 0.05) is 6.61 Å². The monoisotopic (exact) mass is 248 g/mol. The summed E-state index contributed by atoms with van der Waals surface area (Å²) in [6.45, 7) is 7.78. The van der Waals surface area contributed by atoms with Crippen LogP contribution in [0.15, 0.2) is 0 Å². The summed E-state index contributed by atoms with van der Waals surface area (Å²) >= 11 is 0. The summed E-state index contributed by atoms with van der Waals surface area (Å²) in [6, 6.07) is 0. The predicted octanol–water partition coefficient (Wildman–Crippen LogP) is 1.05. The largest absolute Gasteiger partial charge is 0.379 e. The maximum Gasteiger partial charge on any atom is 0.155 e. The molecule has 0 N–H and O–H groups in total. The van der Waals surface area contributed by atoms with Crippen LogP contribution in [0.4, 0.5) is 0 Å². The highest BCUT2D eigenvalue weighted by Gasteiger charge is 1.94. The second-order valence-electron chi connectivity index (χ2n) is 3.59. The van der Waals surface area contributed by atoms with Crippen molar-refractivity contribution in [2.45, 2.75) is 20.3 Å². The molecule has 0 aliphatic heterocycles. The molecule has 5 heteroatoms. The van der Waals surface area contributed by atoms with Gasteiger partial charge in [0.05, 0.1) is 39.6 Å². The van der Waals surface area contributed by atoms with E-state index in [9.17, 15) is 4.79 Å². The van der Waals surface area contributed by atoms with Crippen LogP contribution in [0.2, 0.25) is 0 Å². The van der Waals surface area contributed by atoms with Crippen LogP contribution >= 0.6 is 0 Å². The van der Waals surface area contributed by atoms with Crippen molar-refractivity contribution in [1.29, 1.82) is 0 Å². The summed E-state index contributed by atoms with van der Waals surface area (Å²) in [5.41, 5.74) is 0. The van der Waals surface area contributed by atoms with E-state index in [0.717, 1.165) is 13.0 Å². The number of ether oxygens (including phenoxy) is 4. The number of rotatable bonds is 13. The molecule has 0 amide bonds. The molecule has 0 fully saturated rings. The number of Topliss-reactive ketones (excluding diaryl/α,β-unsaturated/α-hetero) is 1. The Morgan fingerprint density at radius 1 is 0.765 bits per heavy atom. The van der Waals surface area contributed by atoms with Crippen molar-refractivity contribution in [3.05, 3.63) is 0 Å². The number of hydrogen-bond acceptors (Lipinski definition) is 5. The van der Waals surface area contributed by atoms with Crippen LogP contribution in [0.1, 0.15) is 20.3 Å². The normalized spacial score (nSPS) is 10.7. The van der Waals surface area contributed by atoms with Crippen molar-refractivity contribution in [3.63, 3.8) is 0 Å². The van der Waals surface area contributed by atoms with Crippen molar-refractivity contribution < 1.29 is 23.7 Å². The highest BCUT2D eigenvalue weighted by molar-refractivity contribution is 5.76. The predicted molar refractivity (Wildman–Crippen MR) is 64.2 cm³/mol. The molecule has 0 aromatic rings. The van der Waals surface area contributed by atoms with Crippen molar-refractivity contribution in [3.8, 4) is 0 Å². The van der Waals surface area contributed by atoms with E-state index >= 15 is 0 Å². The summed E-state index contributed by atoms with van der Waals surface area (Å²) in [6.07, 6.45) is 1.03. The molecule has 0 aromatic carbocycles. The first-order chi connectivity index (χ1) is 8.27. The van der Waals surface area contributed by atoms with Gasteiger partial charge in [-0.2, -0.15) is 0 Å². The topological polar surface area (TPSA) is 54.0 Å². The lowest BCUT2D eigenvalue weighted by molar-refractivity contribution is -0.122. The molecule has 0 radical (unpaired) electrons. The summed E-state index contributed by atoms with van der Waals surface area (Å²) in [5.74, 6) is 0.0282. The van der Waals surface area contributed by atoms with Crippen LogP contribution in [0.3, 0.4) is 0 Å². The van der Waals surface area contributed by atoms with E-state index < -0.39 is 0 Å². The van der Waals surface area contributed by atoms with E-state index in [1.54, 1.807) is 0 Å². The van der Waals surface area contributed by atoms with Gasteiger partial charge in [0.1, 0.15) is 6.61 Å². The first-order valence-corrected chi connectivity index (χ1v) is 6.07. The molecule has 17 heavy (non-hydrogen) atoms. The fraction of sp³-hybridized carbons (Fsp3) is 0.917. The molecule has 0 spiro atoms. The minimum atomic E-state index is 0.0282. The number of ketones is 1. The van der Waals surface area contributed by atoms with E-state index in [-0.39, 0.29) is 12.4 Å². The maximum absolute atomic E-state index is 10.5. The Kier molecular flexibility index (Phi) is 13.2. The Bertz CT molecular complexity index is 172. The Labute approximate surface area is 103 Å². The summed E-state index contributed by atoms with van der Waals surface area (Å²) < 4.78 is 20.8. The van der Waals surface area contributed by atoms with Gasteiger partial charge >= 0.3 is 0 Å². The zero-order valence-electron chi connectivity index (χ0n) is 10.9. The molecule has 0 aliphatic carbocycles. The van der Waals surface area contributed by atoms with Crippen molar-refractivity contribution >= 4 is 5.78 Å². The van der Waals surface area contributed by atoms with Crippen LogP contribution in [-0.2, 0) is 23.7 Å². The van der Waals surface area contributed by atoms with Gasteiger partial charge in [-0.3, -0.25) is 4.79 Å².